The van der Waals surface area contributed by atoms with Gasteiger partial charge >= 0.3 is 0 Å². The highest BCUT2D eigenvalue weighted by Gasteiger charge is 2.29. The summed E-state index contributed by atoms with van der Waals surface area (Å²) >= 11 is 0. The Hall–Kier alpha value is -2.58. The number of carbonyl (C=O) groups excluding carboxylic acids is 1. The first-order chi connectivity index (χ1) is 13.3. The second-order valence-electron chi connectivity index (χ2n) is 6.64. The number of rotatable bonds is 7. The van der Waals surface area contributed by atoms with Crippen LogP contribution in [0.15, 0.2) is 41.3 Å². The molecule has 0 saturated carbocycles. The van der Waals surface area contributed by atoms with Crippen molar-refractivity contribution in [1.29, 1.82) is 0 Å². The first-order valence-electron chi connectivity index (χ1n) is 8.98. The van der Waals surface area contributed by atoms with Crippen molar-refractivity contribution in [2.24, 2.45) is 0 Å². The molecule has 1 N–H and O–H groups in total. The van der Waals surface area contributed by atoms with Gasteiger partial charge in [-0.25, -0.2) is 8.42 Å². The van der Waals surface area contributed by atoms with Crippen LogP contribution in [0.25, 0.3) is 0 Å². The van der Waals surface area contributed by atoms with Crippen LogP contribution >= 0.6 is 0 Å². The third-order valence-corrected chi connectivity index (χ3v) is 6.58. The Morgan fingerprint density at radius 3 is 2.57 bits per heavy atom. The molecule has 0 aliphatic carbocycles. The topological polar surface area (TPSA) is 84.9 Å². The zero-order chi connectivity index (χ0) is 20.5. The van der Waals surface area contributed by atoms with Gasteiger partial charge < -0.3 is 14.8 Å². The smallest absolute Gasteiger partial charge is 0.243 e. The number of benzene rings is 2. The molecule has 0 aromatic heterocycles. The van der Waals surface area contributed by atoms with E-state index in [0.29, 0.717) is 29.4 Å². The Kier molecular flexibility index (Phi) is 5.62. The van der Waals surface area contributed by atoms with Gasteiger partial charge in [-0.1, -0.05) is 6.07 Å². The molecule has 150 valence electrons. The molecule has 7 nitrogen and oxygen atoms in total. The summed E-state index contributed by atoms with van der Waals surface area (Å²) in [4.78, 5) is 12.0. The number of ether oxygens (including phenoxy) is 2. The van der Waals surface area contributed by atoms with Crippen LogP contribution in [-0.4, -0.2) is 39.4 Å². The fourth-order valence-electron chi connectivity index (χ4n) is 3.16. The highest BCUT2D eigenvalue weighted by atomic mass is 32.2. The van der Waals surface area contributed by atoms with Crippen molar-refractivity contribution < 1.29 is 22.7 Å². The fourth-order valence-corrected chi connectivity index (χ4v) is 4.36. The third-order valence-electron chi connectivity index (χ3n) is 4.78. The number of hydrogen-bond acceptors (Lipinski definition) is 5. The second kappa shape index (κ2) is 7.81. The lowest BCUT2D eigenvalue weighted by Crippen LogP contribution is -2.26. The maximum absolute atomic E-state index is 13.0. The Labute approximate surface area is 165 Å². The summed E-state index contributed by atoms with van der Waals surface area (Å²) in [5, 5.41) is 2.75. The Balaban J connectivity index is 1.84. The number of hydrogen-bond donors (Lipinski definition) is 1. The molecule has 1 aliphatic rings. The maximum Gasteiger partial charge on any atom is 0.243 e. The van der Waals surface area contributed by atoms with Crippen molar-refractivity contribution >= 4 is 21.6 Å². The van der Waals surface area contributed by atoms with Crippen LogP contribution < -0.4 is 14.8 Å². The van der Waals surface area contributed by atoms with Crippen molar-refractivity contribution in [2.75, 3.05) is 26.1 Å². The monoisotopic (exact) mass is 404 g/mol. The van der Waals surface area contributed by atoms with Crippen molar-refractivity contribution in [1.82, 2.24) is 4.31 Å². The number of amides is 1. The molecule has 0 fully saturated rings. The first kappa shape index (κ1) is 20.2. The summed E-state index contributed by atoms with van der Waals surface area (Å²) in [6, 6.07) is 10.1. The van der Waals surface area contributed by atoms with E-state index in [9.17, 15) is 13.2 Å². The van der Waals surface area contributed by atoms with E-state index in [-0.39, 0.29) is 23.3 Å². The van der Waals surface area contributed by atoms with Crippen LogP contribution in [0.2, 0.25) is 0 Å². The van der Waals surface area contributed by atoms with Crippen LogP contribution in [0.4, 0.5) is 5.69 Å². The van der Waals surface area contributed by atoms with Gasteiger partial charge in [0.2, 0.25) is 15.9 Å². The molecule has 28 heavy (non-hydrogen) atoms. The average Bonchev–Trinajstić information content (AvgIpc) is 2.96. The molecule has 1 amide bonds. The van der Waals surface area contributed by atoms with E-state index >= 15 is 0 Å². The summed E-state index contributed by atoms with van der Waals surface area (Å²) in [6.45, 7) is 4.33. The van der Waals surface area contributed by atoms with Crippen molar-refractivity contribution in [2.45, 2.75) is 31.2 Å². The molecule has 0 radical (unpaired) electrons. The van der Waals surface area contributed by atoms with Gasteiger partial charge in [0.1, 0.15) is 0 Å². The lowest BCUT2D eigenvalue weighted by atomic mass is 10.0. The third kappa shape index (κ3) is 3.70. The van der Waals surface area contributed by atoms with Gasteiger partial charge in [0.25, 0.3) is 0 Å². The summed E-state index contributed by atoms with van der Waals surface area (Å²) in [5.74, 6) is 0.676. The van der Waals surface area contributed by atoms with Crippen LogP contribution in [0.1, 0.15) is 30.9 Å². The largest absolute Gasteiger partial charge is 0.493 e. The van der Waals surface area contributed by atoms with E-state index in [1.54, 1.807) is 38.3 Å². The summed E-state index contributed by atoms with van der Waals surface area (Å²) in [6.07, 6.45) is 0. The molecule has 1 heterocycles. The maximum atomic E-state index is 13.0. The number of nitrogens with one attached hydrogen (secondary N) is 1. The van der Waals surface area contributed by atoms with Gasteiger partial charge in [0.05, 0.1) is 24.5 Å². The highest BCUT2D eigenvalue weighted by molar-refractivity contribution is 7.89. The molecule has 1 atom stereocenters. The molecular weight excluding hydrogens is 380 g/mol. The van der Waals surface area contributed by atoms with Crippen molar-refractivity contribution in [3.8, 4) is 11.5 Å². The molecule has 1 aliphatic heterocycles. The zero-order valence-corrected chi connectivity index (χ0v) is 17.2. The Morgan fingerprint density at radius 1 is 1.14 bits per heavy atom. The standard InChI is InChI=1S/C20H24N2O5S/c1-5-27-18-9-6-14(10-19(18)26-4)12-22(3)28(24,25)15-7-8-17-16(11-15)13(2)20(23)21-17/h6-11,13H,5,12H2,1-4H3,(H,21,23)/t13-/m1/s1. The lowest BCUT2D eigenvalue weighted by Gasteiger charge is -2.19. The molecule has 3 rings (SSSR count). The van der Waals surface area contributed by atoms with Crippen LogP contribution in [0.5, 0.6) is 11.5 Å². The average molecular weight is 404 g/mol. The molecule has 0 spiro atoms. The Bertz CT molecular complexity index is 1000. The van der Waals surface area contributed by atoms with E-state index in [2.05, 4.69) is 5.32 Å². The minimum atomic E-state index is -3.72. The van der Waals surface area contributed by atoms with Crippen LogP contribution in [-0.2, 0) is 21.4 Å². The van der Waals surface area contributed by atoms with Crippen molar-refractivity contribution in [3.63, 3.8) is 0 Å². The van der Waals surface area contributed by atoms with Gasteiger partial charge in [0, 0.05) is 19.3 Å². The van der Waals surface area contributed by atoms with E-state index < -0.39 is 10.0 Å². The van der Waals surface area contributed by atoms with Gasteiger partial charge in [-0.15, -0.1) is 0 Å². The van der Waals surface area contributed by atoms with E-state index in [1.807, 2.05) is 13.0 Å². The number of methoxy groups -OCH3 is 1. The molecule has 0 bridgehead atoms. The molecule has 2 aromatic rings. The number of nitrogens with zero attached hydrogens (tertiary/aromatic N) is 1. The highest BCUT2D eigenvalue weighted by Crippen LogP contribution is 2.34. The molecule has 0 unspecified atom stereocenters. The number of carbonyl (C=O) groups is 1. The molecule has 2 aromatic carbocycles. The van der Waals surface area contributed by atoms with Crippen molar-refractivity contribution in [3.05, 3.63) is 47.5 Å². The minimum Gasteiger partial charge on any atom is -0.493 e. The lowest BCUT2D eigenvalue weighted by molar-refractivity contribution is -0.116. The predicted octanol–water partition coefficient (Wildman–Crippen LogP) is 2.97. The fraction of sp³-hybridized carbons (Fsp3) is 0.350. The number of fused-ring (bicyclic) bond motifs is 1. The summed E-state index contributed by atoms with van der Waals surface area (Å²) < 4.78 is 38.1. The second-order valence-corrected chi connectivity index (χ2v) is 8.68. The van der Waals surface area contributed by atoms with E-state index in [0.717, 1.165) is 5.56 Å². The SMILES string of the molecule is CCOc1ccc(CN(C)S(=O)(=O)c2ccc3c(c2)[C@@H](C)C(=O)N3)cc1OC. The number of anilines is 1. The van der Waals surface area contributed by atoms with Gasteiger partial charge in [-0.05, 0) is 55.3 Å². The normalized spacial score (nSPS) is 16.0. The summed E-state index contributed by atoms with van der Waals surface area (Å²) in [5.41, 5.74) is 2.13. The quantitative estimate of drug-likeness (QED) is 0.767. The summed E-state index contributed by atoms with van der Waals surface area (Å²) in [7, 11) is -0.647. The molecule has 8 heteroatoms. The van der Waals surface area contributed by atoms with Crippen LogP contribution in [0.3, 0.4) is 0 Å². The minimum absolute atomic E-state index is 0.126. The Morgan fingerprint density at radius 2 is 1.89 bits per heavy atom. The molecular formula is C20H24N2O5S. The van der Waals surface area contributed by atoms with E-state index in [4.69, 9.17) is 9.47 Å². The number of sulfonamides is 1. The van der Waals surface area contributed by atoms with Gasteiger partial charge in [-0.2, -0.15) is 4.31 Å². The predicted molar refractivity (Wildman–Crippen MR) is 106 cm³/mol. The van der Waals surface area contributed by atoms with Gasteiger partial charge in [-0.3, -0.25) is 4.79 Å². The van der Waals surface area contributed by atoms with Gasteiger partial charge in [0.15, 0.2) is 11.5 Å². The molecule has 0 saturated heterocycles. The zero-order valence-electron chi connectivity index (χ0n) is 16.4. The van der Waals surface area contributed by atoms with E-state index in [1.165, 1.54) is 17.4 Å². The van der Waals surface area contributed by atoms with Crippen LogP contribution in [0, 0.1) is 0 Å². The first-order valence-corrected chi connectivity index (χ1v) is 10.4.